The summed E-state index contributed by atoms with van der Waals surface area (Å²) in [7, 11) is 0. The highest BCUT2D eigenvalue weighted by Crippen LogP contribution is 2.11. The van der Waals surface area contributed by atoms with Crippen molar-refractivity contribution in [3.05, 3.63) is 51.3 Å². The van der Waals surface area contributed by atoms with Crippen LogP contribution in [-0.2, 0) is 13.0 Å². The first kappa shape index (κ1) is 11.4. The Bertz CT molecular complexity index is 525. The number of benzene rings is 1. The number of nitrogens with zero attached hydrogens (tertiary/aromatic N) is 1. The van der Waals surface area contributed by atoms with E-state index in [-0.39, 0.29) is 0 Å². The Balaban J connectivity index is 2.23. The molecule has 0 unspecified atom stereocenters. The Morgan fingerprint density at radius 1 is 1.31 bits per heavy atom. The summed E-state index contributed by atoms with van der Waals surface area (Å²) in [6.45, 7) is 2.86. The number of aromatic amines is 1. The molecule has 0 saturated heterocycles. The van der Waals surface area contributed by atoms with Gasteiger partial charge in [0.15, 0.2) is 0 Å². The first-order valence-electron chi connectivity index (χ1n) is 5.22. The molecule has 0 radical (unpaired) electrons. The topological polar surface area (TPSA) is 20.7 Å². The van der Waals surface area contributed by atoms with E-state index in [9.17, 15) is 0 Å². The summed E-state index contributed by atoms with van der Waals surface area (Å²) in [4.78, 5) is 0. The molecular weight excluding hydrogens is 240 g/mol. The lowest BCUT2D eigenvalue weighted by molar-refractivity contribution is 0.665. The van der Waals surface area contributed by atoms with E-state index in [2.05, 4.69) is 12.0 Å². The van der Waals surface area contributed by atoms with Crippen LogP contribution in [0.4, 0.5) is 0 Å². The van der Waals surface area contributed by atoms with Gasteiger partial charge in [0.25, 0.3) is 0 Å². The van der Waals surface area contributed by atoms with Gasteiger partial charge >= 0.3 is 0 Å². The second-order valence-electron chi connectivity index (χ2n) is 3.69. The molecule has 1 heterocycles. The van der Waals surface area contributed by atoms with Crippen LogP contribution in [0.3, 0.4) is 0 Å². The van der Waals surface area contributed by atoms with Crippen LogP contribution in [0.25, 0.3) is 0 Å². The van der Waals surface area contributed by atoms with Gasteiger partial charge in [-0.15, -0.1) is 0 Å². The van der Waals surface area contributed by atoms with Gasteiger partial charge in [-0.1, -0.05) is 42.9 Å². The molecule has 0 spiro atoms. The van der Waals surface area contributed by atoms with Crippen molar-refractivity contribution in [1.29, 1.82) is 0 Å². The number of hydrogen-bond acceptors (Lipinski definition) is 1. The molecular formula is C12H13ClN2S. The third kappa shape index (κ3) is 2.54. The van der Waals surface area contributed by atoms with Gasteiger partial charge in [-0.25, -0.2) is 0 Å². The molecule has 1 N–H and O–H groups in total. The average molecular weight is 253 g/mol. The lowest BCUT2D eigenvalue weighted by Gasteiger charge is -2.03. The molecule has 2 nitrogen and oxygen atoms in total. The minimum absolute atomic E-state index is 0.757. The Labute approximate surface area is 105 Å². The molecule has 4 heteroatoms. The van der Waals surface area contributed by atoms with E-state index >= 15 is 0 Å². The molecule has 0 saturated carbocycles. The Morgan fingerprint density at radius 3 is 2.56 bits per heavy atom. The lowest BCUT2D eigenvalue weighted by atomic mass is 10.2. The van der Waals surface area contributed by atoms with Crippen molar-refractivity contribution in [2.45, 2.75) is 19.9 Å². The Hall–Kier alpha value is -1.06. The Morgan fingerprint density at radius 2 is 2.00 bits per heavy atom. The fourth-order valence-electron chi connectivity index (χ4n) is 1.56. The molecule has 0 aliphatic carbocycles. The van der Waals surface area contributed by atoms with Crippen molar-refractivity contribution in [2.75, 3.05) is 0 Å². The quantitative estimate of drug-likeness (QED) is 0.824. The summed E-state index contributed by atoms with van der Waals surface area (Å²) in [5.41, 5.74) is 2.35. The predicted octanol–water partition coefficient (Wildman–Crippen LogP) is 3.81. The van der Waals surface area contributed by atoms with Crippen molar-refractivity contribution in [3.63, 3.8) is 0 Å². The maximum atomic E-state index is 5.84. The fraction of sp³-hybridized carbons (Fsp3) is 0.250. The van der Waals surface area contributed by atoms with E-state index in [1.165, 1.54) is 11.3 Å². The minimum Gasteiger partial charge on any atom is -0.301 e. The molecule has 1 aromatic heterocycles. The molecule has 0 amide bonds. The number of aromatic nitrogens is 2. The molecule has 84 valence electrons. The maximum absolute atomic E-state index is 5.84. The van der Waals surface area contributed by atoms with Gasteiger partial charge in [0, 0.05) is 10.7 Å². The largest absolute Gasteiger partial charge is 0.301 e. The second kappa shape index (κ2) is 4.85. The first-order valence-corrected chi connectivity index (χ1v) is 6.01. The van der Waals surface area contributed by atoms with Crippen molar-refractivity contribution >= 4 is 23.8 Å². The van der Waals surface area contributed by atoms with Crippen LogP contribution < -0.4 is 0 Å². The highest BCUT2D eigenvalue weighted by Gasteiger charge is 1.99. The average Bonchev–Trinajstić information content (AvgIpc) is 2.63. The number of H-pyrrole nitrogens is 1. The summed E-state index contributed by atoms with van der Waals surface area (Å²) in [5, 5.41) is 4.03. The van der Waals surface area contributed by atoms with E-state index in [4.69, 9.17) is 23.8 Å². The third-order valence-corrected chi connectivity index (χ3v) is 3.07. The standard InChI is InChI=1S/C12H13ClN2S/c1-2-11-7-12(16)15(14-11)8-9-3-5-10(13)6-4-9/h3-7,14H,2,8H2,1H3. The normalized spacial score (nSPS) is 10.6. The number of hydrogen-bond donors (Lipinski definition) is 1. The lowest BCUT2D eigenvalue weighted by Crippen LogP contribution is -2.02. The number of aryl methyl sites for hydroxylation is 1. The van der Waals surface area contributed by atoms with Gasteiger partial charge in [0.05, 0.1) is 6.54 Å². The highest BCUT2D eigenvalue weighted by molar-refractivity contribution is 7.71. The monoisotopic (exact) mass is 252 g/mol. The summed E-state index contributed by atoms with van der Waals surface area (Å²) in [6, 6.07) is 9.81. The molecule has 2 aromatic rings. The molecule has 1 aromatic carbocycles. The molecule has 0 aliphatic rings. The summed E-state index contributed by atoms with van der Waals surface area (Å²) in [6.07, 6.45) is 0.970. The summed E-state index contributed by atoms with van der Waals surface area (Å²) < 4.78 is 2.81. The van der Waals surface area contributed by atoms with E-state index in [1.54, 1.807) is 0 Å². The SMILES string of the molecule is CCc1cc(=S)n(Cc2ccc(Cl)cc2)[nH]1. The molecule has 0 atom stereocenters. The molecule has 0 bridgehead atoms. The van der Waals surface area contributed by atoms with Crippen LogP contribution in [0, 0.1) is 4.64 Å². The molecule has 16 heavy (non-hydrogen) atoms. The van der Waals surface area contributed by atoms with Crippen molar-refractivity contribution in [3.8, 4) is 0 Å². The van der Waals surface area contributed by atoms with E-state index < -0.39 is 0 Å². The van der Waals surface area contributed by atoms with Crippen LogP contribution in [-0.4, -0.2) is 9.78 Å². The van der Waals surface area contributed by atoms with E-state index in [0.717, 1.165) is 22.6 Å². The van der Waals surface area contributed by atoms with Gasteiger partial charge in [-0.3, -0.25) is 4.68 Å². The second-order valence-corrected chi connectivity index (χ2v) is 4.54. The number of nitrogens with one attached hydrogen (secondary N) is 1. The molecule has 0 fully saturated rings. The number of halogens is 1. The zero-order valence-electron chi connectivity index (χ0n) is 9.03. The van der Waals surface area contributed by atoms with Crippen molar-refractivity contribution in [2.24, 2.45) is 0 Å². The van der Waals surface area contributed by atoms with Crippen LogP contribution in [0.15, 0.2) is 30.3 Å². The fourth-order valence-corrected chi connectivity index (χ4v) is 1.94. The minimum atomic E-state index is 0.757. The van der Waals surface area contributed by atoms with E-state index in [1.807, 2.05) is 35.0 Å². The zero-order chi connectivity index (χ0) is 11.5. The van der Waals surface area contributed by atoms with Crippen molar-refractivity contribution in [1.82, 2.24) is 9.78 Å². The maximum Gasteiger partial charge on any atom is 0.122 e. The van der Waals surface area contributed by atoms with Crippen LogP contribution >= 0.6 is 23.8 Å². The third-order valence-electron chi connectivity index (χ3n) is 2.48. The smallest absolute Gasteiger partial charge is 0.122 e. The number of rotatable bonds is 3. The van der Waals surface area contributed by atoms with Gasteiger partial charge in [0.2, 0.25) is 0 Å². The van der Waals surface area contributed by atoms with Crippen LogP contribution in [0.2, 0.25) is 5.02 Å². The van der Waals surface area contributed by atoms with Gasteiger partial charge in [-0.05, 0) is 30.2 Å². The highest BCUT2D eigenvalue weighted by atomic mass is 35.5. The molecule has 0 aliphatic heterocycles. The first-order chi connectivity index (χ1) is 7.69. The van der Waals surface area contributed by atoms with Gasteiger partial charge in [0.1, 0.15) is 4.64 Å². The Kier molecular flexibility index (Phi) is 3.46. The van der Waals surface area contributed by atoms with Gasteiger partial charge in [-0.2, -0.15) is 0 Å². The summed E-state index contributed by atoms with van der Waals surface area (Å²) >= 11 is 11.1. The van der Waals surface area contributed by atoms with Crippen molar-refractivity contribution < 1.29 is 0 Å². The zero-order valence-corrected chi connectivity index (χ0v) is 10.6. The summed E-state index contributed by atoms with van der Waals surface area (Å²) in [5.74, 6) is 0. The molecule has 2 rings (SSSR count). The van der Waals surface area contributed by atoms with Crippen LogP contribution in [0.1, 0.15) is 18.2 Å². The van der Waals surface area contributed by atoms with Gasteiger partial charge < -0.3 is 5.10 Å². The van der Waals surface area contributed by atoms with E-state index in [0.29, 0.717) is 0 Å². The van der Waals surface area contributed by atoms with Crippen LogP contribution in [0.5, 0.6) is 0 Å². The predicted molar refractivity (Wildman–Crippen MR) is 69.5 cm³/mol.